The molecule has 0 bridgehead atoms. The van der Waals surface area contributed by atoms with Gasteiger partial charge in [0.1, 0.15) is 0 Å². The van der Waals surface area contributed by atoms with E-state index in [0.717, 1.165) is 45.3 Å². The molecule has 2 atom stereocenters. The molecule has 2 N–H and O–H groups in total. The molecule has 0 radical (unpaired) electrons. The maximum atomic E-state index is 12.2. The molecule has 0 spiro atoms. The van der Waals surface area contributed by atoms with Gasteiger partial charge in [0, 0.05) is 25.1 Å². The minimum Gasteiger partial charge on any atom is -0.375 e. The predicted molar refractivity (Wildman–Crippen MR) is 85.3 cm³/mol. The molecule has 21 heavy (non-hydrogen) atoms. The summed E-state index contributed by atoms with van der Waals surface area (Å²) in [5.74, 6) is 0.218. The van der Waals surface area contributed by atoms with Crippen LogP contribution in [0.1, 0.15) is 71.6 Å². The summed E-state index contributed by atoms with van der Waals surface area (Å²) in [7, 11) is 0. The zero-order valence-corrected chi connectivity index (χ0v) is 13.7. The molecule has 1 amide bonds. The van der Waals surface area contributed by atoms with Crippen LogP contribution < -0.4 is 10.6 Å². The Balaban J connectivity index is 1.71. The van der Waals surface area contributed by atoms with Crippen LogP contribution >= 0.6 is 0 Å². The van der Waals surface area contributed by atoms with Crippen molar-refractivity contribution in [1.82, 2.24) is 10.6 Å². The molecule has 122 valence electrons. The van der Waals surface area contributed by atoms with Crippen LogP contribution in [0.3, 0.4) is 0 Å². The monoisotopic (exact) mass is 296 g/mol. The highest BCUT2D eigenvalue weighted by molar-refractivity contribution is 5.76. The van der Waals surface area contributed by atoms with Gasteiger partial charge in [0.2, 0.25) is 5.91 Å². The Bertz CT molecular complexity index is 323. The van der Waals surface area contributed by atoms with Crippen LogP contribution in [0.4, 0.5) is 0 Å². The number of hydrogen-bond acceptors (Lipinski definition) is 3. The minimum atomic E-state index is -0.0128. The van der Waals surface area contributed by atoms with Gasteiger partial charge < -0.3 is 15.4 Å². The summed E-state index contributed by atoms with van der Waals surface area (Å²) in [4.78, 5) is 12.2. The molecule has 2 aliphatic heterocycles. The lowest BCUT2D eigenvalue weighted by atomic mass is 9.86. The number of amides is 1. The van der Waals surface area contributed by atoms with E-state index in [1.807, 2.05) is 0 Å². The first kappa shape index (κ1) is 16.8. The van der Waals surface area contributed by atoms with E-state index in [1.54, 1.807) is 0 Å². The zero-order chi connectivity index (χ0) is 15.1. The van der Waals surface area contributed by atoms with Crippen molar-refractivity contribution in [2.24, 2.45) is 0 Å². The van der Waals surface area contributed by atoms with Crippen molar-refractivity contribution in [1.29, 1.82) is 0 Å². The van der Waals surface area contributed by atoms with Crippen LogP contribution in [0.25, 0.3) is 0 Å². The van der Waals surface area contributed by atoms with Crippen molar-refractivity contribution in [2.45, 2.75) is 89.3 Å². The molecule has 4 nitrogen and oxygen atoms in total. The fourth-order valence-electron chi connectivity index (χ4n) is 3.67. The topological polar surface area (TPSA) is 50.4 Å². The molecular formula is C17H32N2O2. The number of rotatable bonds is 6. The van der Waals surface area contributed by atoms with Crippen molar-refractivity contribution < 1.29 is 9.53 Å². The van der Waals surface area contributed by atoms with E-state index in [9.17, 15) is 4.79 Å². The molecule has 2 saturated heterocycles. The Morgan fingerprint density at radius 3 is 2.76 bits per heavy atom. The van der Waals surface area contributed by atoms with Gasteiger partial charge in [-0.05, 0) is 51.5 Å². The fourth-order valence-corrected chi connectivity index (χ4v) is 3.67. The summed E-state index contributed by atoms with van der Waals surface area (Å²) >= 11 is 0. The van der Waals surface area contributed by atoms with Crippen LogP contribution in [0.5, 0.6) is 0 Å². The lowest BCUT2D eigenvalue weighted by Gasteiger charge is -2.40. The molecule has 0 aliphatic carbocycles. The van der Waals surface area contributed by atoms with E-state index in [4.69, 9.17) is 4.74 Å². The second kappa shape index (κ2) is 8.14. The first-order valence-electron chi connectivity index (χ1n) is 8.84. The first-order valence-corrected chi connectivity index (χ1v) is 8.84. The van der Waals surface area contributed by atoms with Crippen molar-refractivity contribution in [3.8, 4) is 0 Å². The molecule has 2 heterocycles. The van der Waals surface area contributed by atoms with Gasteiger partial charge in [0.15, 0.2) is 0 Å². The average Bonchev–Trinajstić information content (AvgIpc) is 2.54. The van der Waals surface area contributed by atoms with Gasteiger partial charge in [0.25, 0.3) is 0 Å². The largest absolute Gasteiger partial charge is 0.375 e. The third-order valence-electron chi connectivity index (χ3n) is 5.28. The fraction of sp³-hybridized carbons (Fsp3) is 0.941. The number of nitrogens with one attached hydrogen (secondary N) is 2. The molecule has 2 unspecified atom stereocenters. The maximum Gasteiger partial charge on any atom is 0.220 e. The molecule has 4 heteroatoms. The summed E-state index contributed by atoms with van der Waals surface area (Å²) in [6.07, 6.45) is 9.41. The summed E-state index contributed by atoms with van der Waals surface area (Å²) < 4.78 is 5.97. The van der Waals surface area contributed by atoms with Gasteiger partial charge in [-0.3, -0.25) is 4.79 Å². The Labute approximate surface area is 129 Å². The van der Waals surface area contributed by atoms with E-state index < -0.39 is 0 Å². The van der Waals surface area contributed by atoms with Gasteiger partial charge in [-0.25, -0.2) is 0 Å². The molecule has 2 rings (SSSR count). The van der Waals surface area contributed by atoms with Crippen LogP contribution in [0, 0.1) is 0 Å². The Hall–Kier alpha value is -0.610. The molecule has 0 saturated carbocycles. The van der Waals surface area contributed by atoms with Crippen molar-refractivity contribution in [3.63, 3.8) is 0 Å². The normalized spacial score (nSPS) is 29.0. The van der Waals surface area contributed by atoms with Crippen molar-refractivity contribution in [2.75, 3.05) is 13.2 Å². The Morgan fingerprint density at radius 1 is 1.29 bits per heavy atom. The van der Waals surface area contributed by atoms with Gasteiger partial charge in [0.05, 0.1) is 5.60 Å². The van der Waals surface area contributed by atoms with E-state index in [1.165, 1.54) is 19.3 Å². The third kappa shape index (κ3) is 4.96. The van der Waals surface area contributed by atoms with Gasteiger partial charge >= 0.3 is 0 Å². The highest BCUT2D eigenvalue weighted by Crippen LogP contribution is 2.31. The van der Waals surface area contributed by atoms with Crippen LogP contribution in [-0.4, -0.2) is 36.7 Å². The maximum absolute atomic E-state index is 12.2. The van der Waals surface area contributed by atoms with Gasteiger partial charge in [-0.15, -0.1) is 0 Å². The number of piperidine rings is 1. The smallest absolute Gasteiger partial charge is 0.220 e. The highest BCUT2D eigenvalue weighted by atomic mass is 16.5. The second-order valence-electron chi connectivity index (χ2n) is 6.68. The minimum absolute atomic E-state index is 0.0128. The van der Waals surface area contributed by atoms with Gasteiger partial charge in [-0.2, -0.15) is 0 Å². The third-order valence-corrected chi connectivity index (χ3v) is 5.28. The number of carbonyl (C=O) groups is 1. The SMILES string of the molecule is CCC1(CC)CC(NC(=O)CCC2CCCCN2)CCO1. The standard InChI is InChI=1S/C17H32N2O2/c1-3-17(4-2)13-15(10-12-21-17)19-16(20)9-8-14-7-5-6-11-18-14/h14-15,18H,3-13H2,1-2H3,(H,19,20). The van der Waals surface area contributed by atoms with E-state index >= 15 is 0 Å². The number of hydrogen-bond donors (Lipinski definition) is 2. The number of carbonyl (C=O) groups excluding carboxylic acids is 1. The predicted octanol–water partition coefficient (Wildman–Crippen LogP) is 2.76. The van der Waals surface area contributed by atoms with Crippen molar-refractivity contribution >= 4 is 5.91 Å². The quantitative estimate of drug-likeness (QED) is 0.792. The molecular weight excluding hydrogens is 264 g/mol. The molecule has 2 fully saturated rings. The molecule has 0 aromatic rings. The summed E-state index contributed by atoms with van der Waals surface area (Å²) in [6, 6.07) is 0.843. The van der Waals surface area contributed by atoms with Crippen LogP contribution in [0.2, 0.25) is 0 Å². The van der Waals surface area contributed by atoms with Crippen LogP contribution in [0.15, 0.2) is 0 Å². The van der Waals surface area contributed by atoms with Crippen LogP contribution in [-0.2, 0) is 9.53 Å². The lowest BCUT2D eigenvalue weighted by molar-refractivity contribution is -0.126. The van der Waals surface area contributed by atoms with Gasteiger partial charge in [-0.1, -0.05) is 20.3 Å². The number of ether oxygens (including phenoxy) is 1. The molecule has 0 aromatic heterocycles. The Kier molecular flexibility index (Phi) is 6.49. The summed E-state index contributed by atoms with van der Waals surface area (Å²) in [6.45, 7) is 6.25. The van der Waals surface area contributed by atoms with E-state index in [-0.39, 0.29) is 11.5 Å². The van der Waals surface area contributed by atoms with E-state index in [2.05, 4.69) is 24.5 Å². The Morgan fingerprint density at radius 2 is 2.10 bits per heavy atom. The lowest BCUT2D eigenvalue weighted by Crippen LogP contribution is -2.48. The molecule has 2 aliphatic rings. The second-order valence-corrected chi connectivity index (χ2v) is 6.68. The summed E-state index contributed by atoms with van der Waals surface area (Å²) in [5.41, 5.74) is -0.0128. The average molecular weight is 296 g/mol. The zero-order valence-electron chi connectivity index (χ0n) is 13.7. The first-order chi connectivity index (χ1) is 10.2. The highest BCUT2D eigenvalue weighted by Gasteiger charge is 2.34. The van der Waals surface area contributed by atoms with Crippen molar-refractivity contribution in [3.05, 3.63) is 0 Å². The molecule has 0 aromatic carbocycles. The summed E-state index contributed by atoms with van der Waals surface area (Å²) in [5, 5.41) is 6.74. The van der Waals surface area contributed by atoms with E-state index in [0.29, 0.717) is 18.5 Å².